The summed E-state index contributed by atoms with van der Waals surface area (Å²) < 4.78 is 41.3. The number of nitrogens with one attached hydrogen (secondary N) is 2. The van der Waals surface area contributed by atoms with Crippen LogP contribution in [0.3, 0.4) is 0 Å². The second-order valence-corrected chi connectivity index (χ2v) is 10.9. The van der Waals surface area contributed by atoms with Crippen molar-refractivity contribution in [2.75, 3.05) is 6.54 Å². The molecule has 3 aromatic rings. The van der Waals surface area contributed by atoms with Gasteiger partial charge in [-0.05, 0) is 75.2 Å². The van der Waals surface area contributed by atoms with E-state index in [2.05, 4.69) is 31.5 Å². The Morgan fingerprint density at radius 3 is 2.41 bits per heavy atom. The molecule has 1 atom stereocenters. The number of ether oxygens (including phenoxy) is 2. The van der Waals surface area contributed by atoms with Gasteiger partial charge in [-0.3, -0.25) is 9.20 Å². The average molecular weight is 581 g/mol. The van der Waals surface area contributed by atoms with Gasteiger partial charge >= 0.3 is 6.09 Å². The number of hydrogen-bond acceptors (Lipinski definition) is 5. The highest BCUT2D eigenvalue weighted by atomic mass is 79.9. The van der Waals surface area contributed by atoms with Crippen LogP contribution in [0.15, 0.2) is 34.9 Å². The number of halogens is 3. The lowest BCUT2D eigenvalue weighted by Gasteiger charge is -2.31. The van der Waals surface area contributed by atoms with Crippen LogP contribution in [0, 0.1) is 18.6 Å². The van der Waals surface area contributed by atoms with E-state index in [-0.39, 0.29) is 30.2 Å². The van der Waals surface area contributed by atoms with Gasteiger partial charge in [-0.15, -0.1) is 0 Å². The van der Waals surface area contributed by atoms with Crippen LogP contribution in [0.1, 0.15) is 62.8 Å². The lowest BCUT2D eigenvalue weighted by atomic mass is 9.99. The fraction of sp³-hybridized carbons (Fsp3) is 0.423. The molecule has 1 aromatic carbocycles. The fourth-order valence-electron chi connectivity index (χ4n) is 3.56. The number of rotatable bonds is 8. The molecule has 3 rings (SSSR count). The molecule has 0 bridgehead atoms. The summed E-state index contributed by atoms with van der Waals surface area (Å²) in [6.07, 6.45) is 1.61. The number of carbonyl (C=O) groups is 2. The standard InChI is InChI=1S/C26H31BrF2N4O4/c1-7-26(6,32-24(35)37-25(3,4)5)14-30-23(34)21-15(2)31-22-20(11-16(27)12-33(21)22)36-13-17-18(28)9-8-10-19(17)29/h8-12H,7,13-14H2,1-6H3,(H,30,34)(H,32,35). The Labute approximate surface area is 222 Å². The third-order valence-electron chi connectivity index (χ3n) is 5.70. The third-order valence-corrected chi connectivity index (χ3v) is 6.13. The summed E-state index contributed by atoms with van der Waals surface area (Å²) in [5.74, 6) is -1.61. The van der Waals surface area contributed by atoms with Crippen LogP contribution in [-0.2, 0) is 11.3 Å². The van der Waals surface area contributed by atoms with Gasteiger partial charge in [0, 0.05) is 17.2 Å². The average Bonchev–Trinajstić information content (AvgIpc) is 3.11. The molecule has 8 nitrogen and oxygen atoms in total. The van der Waals surface area contributed by atoms with Crippen LogP contribution in [-0.4, -0.2) is 39.1 Å². The minimum Gasteiger partial charge on any atom is -0.485 e. The zero-order valence-corrected chi connectivity index (χ0v) is 23.3. The number of hydrogen-bond donors (Lipinski definition) is 2. The van der Waals surface area contributed by atoms with Gasteiger partial charge in [0.1, 0.15) is 29.5 Å². The van der Waals surface area contributed by atoms with Crippen LogP contribution < -0.4 is 15.4 Å². The number of imidazole rings is 1. The van der Waals surface area contributed by atoms with E-state index in [0.717, 1.165) is 12.1 Å². The maximum atomic E-state index is 14.1. The number of carbonyl (C=O) groups excluding carboxylic acids is 2. The number of benzene rings is 1. The summed E-state index contributed by atoms with van der Waals surface area (Å²) in [5, 5.41) is 5.69. The van der Waals surface area contributed by atoms with Gasteiger partial charge in [0.25, 0.3) is 5.91 Å². The first-order chi connectivity index (χ1) is 17.2. The lowest BCUT2D eigenvalue weighted by Crippen LogP contribution is -2.54. The molecule has 0 saturated carbocycles. The Hall–Kier alpha value is -3.21. The van der Waals surface area contributed by atoms with E-state index < -0.39 is 34.8 Å². The number of fused-ring (bicyclic) bond motifs is 1. The maximum Gasteiger partial charge on any atom is 0.408 e. The summed E-state index contributed by atoms with van der Waals surface area (Å²) in [7, 11) is 0. The smallest absolute Gasteiger partial charge is 0.408 e. The predicted octanol–water partition coefficient (Wildman–Crippen LogP) is 5.69. The SMILES string of the molecule is CCC(C)(CNC(=O)c1c(C)nc2c(OCc3c(F)cccc3F)cc(Br)cn12)NC(=O)OC(C)(C)C. The van der Waals surface area contributed by atoms with Gasteiger partial charge in [-0.25, -0.2) is 18.6 Å². The quantitative estimate of drug-likeness (QED) is 0.357. The molecule has 2 N–H and O–H groups in total. The fourth-order valence-corrected chi connectivity index (χ4v) is 3.98. The first-order valence-electron chi connectivity index (χ1n) is 11.8. The summed E-state index contributed by atoms with van der Waals surface area (Å²) in [6.45, 7) is 10.5. The van der Waals surface area contributed by atoms with Crippen molar-refractivity contribution in [3.63, 3.8) is 0 Å². The molecule has 37 heavy (non-hydrogen) atoms. The molecule has 2 aromatic heterocycles. The maximum absolute atomic E-state index is 14.1. The van der Waals surface area contributed by atoms with Gasteiger partial charge < -0.3 is 20.1 Å². The van der Waals surface area contributed by atoms with Gasteiger partial charge in [0.15, 0.2) is 11.4 Å². The molecule has 2 amide bonds. The predicted molar refractivity (Wildman–Crippen MR) is 139 cm³/mol. The molecular weight excluding hydrogens is 550 g/mol. The highest BCUT2D eigenvalue weighted by Crippen LogP contribution is 2.28. The molecule has 0 fully saturated rings. The zero-order valence-electron chi connectivity index (χ0n) is 21.7. The summed E-state index contributed by atoms with van der Waals surface area (Å²) in [4.78, 5) is 30.0. The normalized spacial score (nSPS) is 13.2. The van der Waals surface area contributed by atoms with Crippen molar-refractivity contribution >= 4 is 33.6 Å². The number of aryl methyl sites for hydroxylation is 1. The van der Waals surface area contributed by atoms with E-state index in [9.17, 15) is 18.4 Å². The molecule has 0 spiro atoms. The molecule has 2 heterocycles. The van der Waals surface area contributed by atoms with E-state index in [4.69, 9.17) is 9.47 Å². The number of nitrogens with zero attached hydrogens (tertiary/aromatic N) is 2. The first kappa shape index (κ1) is 28.4. The summed E-state index contributed by atoms with van der Waals surface area (Å²) in [5.41, 5.74) is -0.623. The van der Waals surface area contributed by atoms with E-state index in [1.165, 1.54) is 6.07 Å². The number of pyridine rings is 1. The van der Waals surface area contributed by atoms with Gasteiger partial charge in [0.2, 0.25) is 0 Å². The Kier molecular flexibility index (Phi) is 8.46. The van der Waals surface area contributed by atoms with Crippen molar-refractivity contribution in [1.29, 1.82) is 0 Å². The molecule has 0 aliphatic carbocycles. The van der Waals surface area contributed by atoms with Crippen molar-refractivity contribution < 1.29 is 27.8 Å². The molecule has 0 radical (unpaired) electrons. The van der Waals surface area contributed by atoms with E-state index in [1.807, 2.05) is 13.8 Å². The van der Waals surface area contributed by atoms with E-state index >= 15 is 0 Å². The molecule has 200 valence electrons. The number of aromatic nitrogens is 2. The van der Waals surface area contributed by atoms with Gasteiger partial charge in [0.05, 0.1) is 16.8 Å². The Morgan fingerprint density at radius 2 is 1.81 bits per heavy atom. The van der Waals surface area contributed by atoms with Crippen LogP contribution in [0.4, 0.5) is 13.6 Å². The summed E-state index contributed by atoms with van der Waals surface area (Å²) in [6, 6.07) is 5.20. The van der Waals surface area contributed by atoms with Gasteiger partial charge in [-0.1, -0.05) is 13.0 Å². The number of amides is 2. The van der Waals surface area contributed by atoms with Crippen LogP contribution >= 0.6 is 15.9 Å². The highest BCUT2D eigenvalue weighted by molar-refractivity contribution is 9.10. The van der Waals surface area contributed by atoms with Crippen LogP contribution in [0.25, 0.3) is 5.65 Å². The molecule has 0 aliphatic rings. The van der Waals surface area contributed by atoms with Crippen molar-refractivity contribution in [2.45, 2.75) is 65.7 Å². The van der Waals surface area contributed by atoms with E-state index in [1.54, 1.807) is 44.4 Å². The highest BCUT2D eigenvalue weighted by Gasteiger charge is 2.29. The molecule has 1 unspecified atom stereocenters. The first-order valence-corrected chi connectivity index (χ1v) is 12.6. The topological polar surface area (TPSA) is 94.0 Å². The van der Waals surface area contributed by atoms with Crippen molar-refractivity contribution in [1.82, 2.24) is 20.0 Å². The van der Waals surface area contributed by atoms with Crippen molar-refractivity contribution in [3.8, 4) is 5.75 Å². The second-order valence-electron chi connectivity index (χ2n) is 9.97. The molecule has 0 saturated heterocycles. The lowest BCUT2D eigenvalue weighted by molar-refractivity contribution is 0.0456. The number of alkyl carbamates (subject to hydrolysis) is 1. The molecule has 0 aliphatic heterocycles. The van der Waals surface area contributed by atoms with Crippen LogP contribution in [0.5, 0.6) is 5.75 Å². The monoisotopic (exact) mass is 580 g/mol. The summed E-state index contributed by atoms with van der Waals surface area (Å²) >= 11 is 3.39. The van der Waals surface area contributed by atoms with Crippen LogP contribution in [0.2, 0.25) is 0 Å². The molecular formula is C26H31BrF2N4O4. The van der Waals surface area contributed by atoms with Crippen molar-refractivity contribution in [3.05, 3.63) is 63.5 Å². The zero-order chi connectivity index (χ0) is 27.5. The third kappa shape index (κ3) is 6.97. The minimum absolute atomic E-state index is 0.137. The Morgan fingerprint density at radius 1 is 1.16 bits per heavy atom. The Balaban J connectivity index is 1.82. The second kappa shape index (κ2) is 11.0. The van der Waals surface area contributed by atoms with Crippen molar-refractivity contribution in [2.24, 2.45) is 0 Å². The minimum atomic E-state index is -0.759. The van der Waals surface area contributed by atoms with Gasteiger partial charge in [-0.2, -0.15) is 0 Å². The van der Waals surface area contributed by atoms with E-state index in [0.29, 0.717) is 22.2 Å². The molecule has 11 heteroatoms. The largest absolute Gasteiger partial charge is 0.485 e. The Bertz CT molecular complexity index is 1300.